The summed E-state index contributed by atoms with van der Waals surface area (Å²) in [5.41, 5.74) is 2.52. The van der Waals surface area contributed by atoms with Crippen LogP contribution in [-0.2, 0) is 13.0 Å². The van der Waals surface area contributed by atoms with Gasteiger partial charge in [0, 0.05) is 25.1 Å². The SMILES string of the molecule is COc1ccc2c(n1)CC(CCC(C)C)NC2. The molecule has 1 aliphatic rings. The second-order valence-corrected chi connectivity index (χ2v) is 5.21. The van der Waals surface area contributed by atoms with Crippen molar-refractivity contribution in [3.8, 4) is 5.88 Å². The van der Waals surface area contributed by atoms with E-state index in [2.05, 4.69) is 30.2 Å². The van der Waals surface area contributed by atoms with Gasteiger partial charge < -0.3 is 10.1 Å². The van der Waals surface area contributed by atoms with Gasteiger partial charge in [-0.2, -0.15) is 0 Å². The Morgan fingerprint density at radius 2 is 2.29 bits per heavy atom. The molecule has 0 saturated heterocycles. The molecule has 3 nitrogen and oxygen atoms in total. The largest absolute Gasteiger partial charge is 0.481 e. The molecule has 1 aromatic rings. The van der Waals surface area contributed by atoms with Gasteiger partial charge in [0.05, 0.1) is 12.8 Å². The predicted octanol–water partition coefficient (Wildman–Crippen LogP) is 2.54. The van der Waals surface area contributed by atoms with Crippen LogP contribution in [0.5, 0.6) is 5.88 Å². The van der Waals surface area contributed by atoms with Gasteiger partial charge in [0.15, 0.2) is 0 Å². The normalized spacial score (nSPS) is 19.2. The Morgan fingerprint density at radius 3 is 3.00 bits per heavy atom. The van der Waals surface area contributed by atoms with Crippen LogP contribution in [0.2, 0.25) is 0 Å². The Bertz CT molecular complexity index is 376. The van der Waals surface area contributed by atoms with E-state index in [0.29, 0.717) is 6.04 Å². The van der Waals surface area contributed by atoms with E-state index in [4.69, 9.17) is 4.74 Å². The second-order valence-electron chi connectivity index (χ2n) is 5.21. The molecule has 1 unspecified atom stereocenters. The first kappa shape index (κ1) is 12.4. The number of hydrogen-bond acceptors (Lipinski definition) is 3. The fraction of sp³-hybridized carbons (Fsp3) is 0.643. The van der Waals surface area contributed by atoms with E-state index < -0.39 is 0 Å². The smallest absolute Gasteiger partial charge is 0.213 e. The fourth-order valence-electron chi connectivity index (χ4n) is 2.26. The highest BCUT2D eigenvalue weighted by Crippen LogP contribution is 2.21. The lowest BCUT2D eigenvalue weighted by Gasteiger charge is -2.26. The van der Waals surface area contributed by atoms with Gasteiger partial charge in [-0.25, -0.2) is 4.98 Å². The van der Waals surface area contributed by atoms with Crippen LogP contribution in [-0.4, -0.2) is 18.1 Å². The first-order chi connectivity index (χ1) is 8.19. The summed E-state index contributed by atoms with van der Waals surface area (Å²) in [6.07, 6.45) is 3.53. The maximum Gasteiger partial charge on any atom is 0.213 e. The van der Waals surface area contributed by atoms with Crippen LogP contribution in [0, 0.1) is 5.92 Å². The average molecular weight is 234 g/mol. The van der Waals surface area contributed by atoms with Crippen molar-refractivity contribution in [2.45, 2.75) is 45.7 Å². The molecule has 0 bridgehead atoms. The lowest BCUT2D eigenvalue weighted by molar-refractivity contribution is 0.381. The van der Waals surface area contributed by atoms with Crippen molar-refractivity contribution in [1.29, 1.82) is 0 Å². The Labute approximate surface area is 104 Å². The monoisotopic (exact) mass is 234 g/mol. The highest BCUT2D eigenvalue weighted by molar-refractivity contribution is 5.28. The number of ether oxygens (including phenoxy) is 1. The van der Waals surface area contributed by atoms with E-state index in [1.165, 1.54) is 24.1 Å². The summed E-state index contributed by atoms with van der Waals surface area (Å²) in [5, 5.41) is 3.59. The Balaban J connectivity index is 2.01. The minimum absolute atomic E-state index is 0.574. The number of rotatable bonds is 4. The number of nitrogens with zero attached hydrogens (tertiary/aromatic N) is 1. The molecule has 0 spiro atoms. The molecule has 17 heavy (non-hydrogen) atoms. The molecule has 0 aromatic carbocycles. The third kappa shape index (κ3) is 3.19. The van der Waals surface area contributed by atoms with E-state index in [1.807, 2.05) is 6.07 Å². The van der Waals surface area contributed by atoms with Gasteiger partial charge in [0.2, 0.25) is 5.88 Å². The van der Waals surface area contributed by atoms with Gasteiger partial charge in [-0.15, -0.1) is 0 Å². The van der Waals surface area contributed by atoms with Crippen molar-refractivity contribution in [3.05, 3.63) is 23.4 Å². The molecular weight excluding hydrogens is 212 g/mol. The first-order valence-corrected chi connectivity index (χ1v) is 6.45. The lowest BCUT2D eigenvalue weighted by atomic mass is 9.95. The third-order valence-electron chi connectivity index (χ3n) is 3.37. The molecule has 2 heterocycles. The van der Waals surface area contributed by atoms with Gasteiger partial charge in [-0.3, -0.25) is 0 Å². The quantitative estimate of drug-likeness (QED) is 0.869. The summed E-state index contributed by atoms with van der Waals surface area (Å²) < 4.78 is 5.18. The van der Waals surface area contributed by atoms with Crippen LogP contribution >= 0.6 is 0 Å². The molecule has 0 amide bonds. The van der Waals surface area contributed by atoms with Gasteiger partial charge in [-0.05, 0) is 24.3 Å². The van der Waals surface area contributed by atoms with E-state index in [1.54, 1.807) is 7.11 Å². The number of hydrogen-bond donors (Lipinski definition) is 1. The van der Waals surface area contributed by atoms with E-state index in [-0.39, 0.29) is 0 Å². The molecule has 0 saturated carbocycles. The number of fused-ring (bicyclic) bond motifs is 1. The summed E-state index contributed by atoms with van der Waals surface area (Å²) >= 11 is 0. The number of methoxy groups -OCH3 is 1. The Kier molecular flexibility index (Phi) is 4.00. The molecule has 3 heteroatoms. The van der Waals surface area contributed by atoms with Crippen molar-refractivity contribution < 1.29 is 4.74 Å². The summed E-state index contributed by atoms with van der Waals surface area (Å²) in [5.74, 6) is 1.50. The zero-order chi connectivity index (χ0) is 12.3. The summed E-state index contributed by atoms with van der Waals surface area (Å²) in [6.45, 7) is 5.49. The van der Waals surface area contributed by atoms with Crippen molar-refractivity contribution >= 4 is 0 Å². The number of nitrogens with one attached hydrogen (secondary N) is 1. The van der Waals surface area contributed by atoms with Crippen molar-refractivity contribution in [2.24, 2.45) is 5.92 Å². The first-order valence-electron chi connectivity index (χ1n) is 6.45. The summed E-state index contributed by atoms with van der Waals surface area (Å²) in [6, 6.07) is 4.63. The molecule has 1 N–H and O–H groups in total. The molecular formula is C14H22N2O. The predicted molar refractivity (Wildman–Crippen MR) is 69.2 cm³/mol. The van der Waals surface area contributed by atoms with Crippen LogP contribution < -0.4 is 10.1 Å². The molecule has 0 aliphatic carbocycles. The van der Waals surface area contributed by atoms with Crippen LogP contribution in [0.3, 0.4) is 0 Å². The molecule has 2 rings (SSSR count). The molecule has 1 atom stereocenters. The van der Waals surface area contributed by atoms with Crippen LogP contribution in [0.1, 0.15) is 37.9 Å². The van der Waals surface area contributed by atoms with Gasteiger partial charge in [-0.1, -0.05) is 19.9 Å². The van der Waals surface area contributed by atoms with Gasteiger partial charge in [0.1, 0.15) is 0 Å². The highest BCUT2D eigenvalue weighted by atomic mass is 16.5. The molecule has 1 aromatic heterocycles. The van der Waals surface area contributed by atoms with Crippen molar-refractivity contribution in [3.63, 3.8) is 0 Å². The second kappa shape index (κ2) is 5.50. The topological polar surface area (TPSA) is 34.1 Å². The van der Waals surface area contributed by atoms with E-state index in [9.17, 15) is 0 Å². The zero-order valence-corrected chi connectivity index (χ0v) is 11.0. The van der Waals surface area contributed by atoms with E-state index >= 15 is 0 Å². The van der Waals surface area contributed by atoms with Crippen LogP contribution in [0.15, 0.2) is 12.1 Å². The maximum absolute atomic E-state index is 5.18. The fourth-order valence-corrected chi connectivity index (χ4v) is 2.26. The summed E-state index contributed by atoms with van der Waals surface area (Å²) in [7, 11) is 1.67. The van der Waals surface area contributed by atoms with Crippen molar-refractivity contribution in [2.75, 3.05) is 7.11 Å². The number of pyridine rings is 1. The third-order valence-corrected chi connectivity index (χ3v) is 3.37. The lowest BCUT2D eigenvalue weighted by Crippen LogP contribution is -2.36. The van der Waals surface area contributed by atoms with Crippen LogP contribution in [0.25, 0.3) is 0 Å². The highest BCUT2D eigenvalue weighted by Gasteiger charge is 2.19. The van der Waals surface area contributed by atoms with E-state index in [0.717, 1.165) is 24.8 Å². The Morgan fingerprint density at radius 1 is 1.47 bits per heavy atom. The summed E-state index contributed by atoms with van der Waals surface area (Å²) in [4.78, 5) is 4.55. The molecule has 0 fully saturated rings. The van der Waals surface area contributed by atoms with Gasteiger partial charge in [0.25, 0.3) is 0 Å². The minimum atomic E-state index is 0.574. The Hall–Kier alpha value is -1.09. The van der Waals surface area contributed by atoms with Crippen LogP contribution in [0.4, 0.5) is 0 Å². The zero-order valence-electron chi connectivity index (χ0n) is 11.0. The van der Waals surface area contributed by atoms with Crippen molar-refractivity contribution in [1.82, 2.24) is 10.3 Å². The minimum Gasteiger partial charge on any atom is -0.481 e. The standard InChI is InChI=1S/C14H22N2O/c1-10(2)4-6-12-8-13-11(9-15-12)5-7-14(16-13)17-3/h5,7,10,12,15H,4,6,8-9H2,1-3H3. The number of aromatic nitrogens is 1. The maximum atomic E-state index is 5.18. The molecule has 1 aliphatic heterocycles. The molecule has 0 radical (unpaired) electrons. The molecule has 94 valence electrons. The average Bonchev–Trinajstić information content (AvgIpc) is 2.35. The van der Waals surface area contributed by atoms with Gasteiger partial charge >= 0.3 is 0 Å².